The normalized spacial score (nSPS) is 10.6. The van der Waals surface area contributed by atoms with E-state index in [1.807, 2.05) is 0 Å². The average molecular weight is 322 g/mol. The summed E-state index contributed by atoms with van der Waals surface area (Å²) in [5, 5.41) is 8.61. The minimum Gasteiger partial charge on any atom is -0.489 e. The number of diazo groups is 1. The van der Waals surface area contributed by atoms with Gasteiger partial charge in [-0.25, -0.2) is 13.4 Å². The summed E-state index contributed by atoms with van der Waals surface area (Å²) >= 11 is 0. The highest BCUT2D eigenvalue weighted by Gasteiger charge is 2.21. The highest BCUT2D eigenvalue weighted by molar-refractivity contribution is 7.92. The molecule has 0 atom stereocenters. The Morgan fingerprint density at radius 2 is 1.82 bits per heavy atom. The molecule has 114 valence electrons. The predicted octanol–water partition coefficient (Wildman–Crippen LogP) is 1.78. The topological polar surface area (TPSA) is 119 Å². The molecule has 1 N–H and O–H groups in total. The van der Waals surface area contributed by atoms with Crippen LogP contribution in [-0.2, 0) is 10.0 Å². The van der Waals surface area contributed by atoms with Gasteiger partial charge in [-0.15, -0.1) is 0 Å². The number of nitrogens with one attached hydrogen (secondary N) is 1. The Balaban J connectivity index is 2.38. The zero-order valence-corrected chi connectivity index (χ0v) is 12.5. The molecule has 0 aliphatic heterocycles. The van der Waals surface area contributed by atoms with E-state index < -0.39 is 10.0 Å². The Morgan fingerprint density at radius 1 is 1.14 bits per heavy atom. The molecule has 0 unspecified atom stereocenters. The van der Waals surface area contributed by atoms with E-state index in [0.717, 1.165) is 6.33 Å². The second-order valence-electron chi connectivity index (χ2n) is 3.96. The van der Waals surface area contributed by atoms with Crippen molar-refractivity contribution in [3.8, 4) is 11.6 Å². The first-order valence-corrected chi connectivity index (χ1v) is 7.41. The average Bonchev–Trinajstić information content (AvgIpc) is 2.54. The first kappa shape index (κ1) is 15.5. The zero-order valence-electron chi connectivity index (χ0n) is 11.7. The Kier molecular flexibility index (Phi) is 4.38. The van der Waals surface area contributed by atoms with Crippen molar-refractivity contribution in [2.45, 2.75) is 4.90 Å². The van der Waals surface area contributed by atoms with Crippen molar-refractivity contribution < 1.29 is 17.9 Å². The van der Waals surface area contributed by atoms with Crippen molar-refractivity contribution in [1.82, 2.24) is 9.97 Å². The smallest absolute Gasteiger partial charge is 0.385 e. The van der Waals surface area contributed by atoms with Gasteiger partial charge in [0.25, 0.3) is 15.9 Å². The molecular weight excluding hydrogens is 310 g/mol. The SMILES string of the molecule is COc1ncnc(NS(=O)(=O)c2ccc([N+]#N)cc2)c1OC. The van der Waals surface area contributed by atoms with E-state index in [4.69, 9.17) is 14.9 Å². The minimum absolute atomic E-state index is 0.0282. The lowest BCUT2D eigenvalue weighted by Crippen LogP contribution is -2.15. The largest absolute Gasteiger partial charge is 0.489 e. The molecule has 0 amide bonds. The minimum atomic E-state index is -3.90. The molecule has 0 aliphatic rings. The molecule has 0 radical (unpaired) electrons. The summed E-state index contributed by atoms with van der Waals surface area (Å²) < 4.78 is 36.9. The number of sulfonamides is 1. The van der Waals surface area contributed by atoms with Crippen molar-refractivity contribution in [3.63, 3.8) is 0 Å². The number of rotatable bonds is 5. The first-order chi connectivity index (χ1) is 10.5. The van der Waals surface area contributed by atoms with Crippen molar-refractivity contribution in [2.24, 2.45) is 0 Å². The highest BCUT2D eigenvalue weighted by atomic mass is 32.2. The third-order valence-electron chi connectivity index (χ3n) is 2.66. The van der Waals surface area contributed by atoms with Crippen LogP contribution >= 0.6 is 0 Å². The summed E-state index contributed by atoms with van der Waals surface area (Å²) in [5.41, 5.74) is 0.236. The van der Waals surface area contributed by atoms with Crippen LogP contribution in [0.15, 0.2) is 35.5 Å². The zero-order chi connectivity index (χ0) is 16.2. The van der Waals surface area contributed by atoms with Gasteiger partial charge in [0.1, 0.15) is 6.33 Å². The maximum Gasteiger partial charge on any atom is 0.385 e. The Hall–Kier alpha value is -2.93. The van der Waals surface area contributed by atoms with E-state index in [9.17, 15) is 8.42 Å². The Labute approximate surface area is 126 Å². The van der Waals surface area contributed by atoms with Crippen LogP contribution in [0.3, 0.4) is 0 Å². The van der Waals surface area contributed by atoms with E-state index in [-0.39, 0.29) is 28.0 Å². The number of methoxy groups -OCH3 is 2. The van der Waals surface area contributed by atoms with Crippen LogP contribution in [-0.4, -0.2) is 32.6 Å². The fourth-order valence-corrected chi connectivity index (χ4v) is 2.65. The van der Waals surface area contributed by atoms with Gasteiger partial charge in [0, 0.05) is 12.1 Å². The lowest BCUT2D eigenvalue weighted by atomic mass is 10.3. The maximum absolute atomic E-state index is 12.3. The Morgan fingerprint density at radius 3 is 2.36 bits per heavy atom. The molecule has 0 bridgehead atoms. The third kappa shape index (κ3) is 3.04. The van der Waals surface area contributed by atoms with Gasteiger partial charge in [0.05, 0.1) is 19.1 Å². The molecule has 2 rings (SSSR count). The van der Waals surface area contributed by atoms with Gasteiger partial charge < -0.3 is 9.47 Å². The maximum atomic E-state index is 12.3. The molecule has 0 saturated heterocycles. The summed E-state index contributed by atoms with van der Waals surface area (Å²) in [4.78, 5) is 10.6. The van der Waals surface area contributed by atoms with Gasteiger partial charge in [-0.2, -0.15) is 4.98 Å². The molecule has 2 aromatic rings. The Bertz CT molecular complexity index is 814. The third-order valence-corrected chi connectivity index (χ3v) is 4.02. The van der Waals surface area contributed by atoms with Crippen LogP contribution in [0.4, 0.5) is 11.5 Å². The quantitative estimate of drug-likeness (QED) is 0.833. The van der Waals surface area contributed by atoms with E-state index >= 15 is 0 Å². The van der Waals surface area contributed by atoms with E-state index in [1.54, 1.807) is 0 Å². The van der Waals surface area contributed by atoms with Crippen molar-refractivity contribution in [1.29, 1.82) is 5.39 Å². The molecule has 0 saturated carbocycles. The second kappa shape index (κ2) is 6.23. The van der Waals surface area contributed by atoms with Gasteiger partial charge in [0.2, 0.25) is 11.1 Å². The molecule has 1 aromatic carbocycles. The number of benzene rings is 1. The first-order valence-electron chi connectivity index (χ1n) is 5.92. The van der Waals surface area contributed by atoms with Gasteiger partial charge >= 0.3 is 5.69 Å². The standard InChI is InChI=1S/C12H12N5O4S/c1-20-10-11(14-7-15-12(10)21-2)17-22(18,19)9-5-3-8(16-13)4-6-9/h3-7H,1-2H3,(H,14,15,17)/q+1. The summed E-state index contributed by atoms with van der Waals surface area (Å²) in [6.45, 7) is 0. The molecule has 1 aromatic heterocycles. The summed E-state index contributed by atoms with van der Waals surface area (Å²) in [7, 11) is -1.18. The summed E-state index contributed by atoms with van der Waals surface area (Å²) in [6.07, 6.45) is 1.15. The fourth-order valence-electron chi connectivity index (χ4n) is 1.64. The van der Waals surface area contributed by atoms with Crippen LogP contribution in [0.25, 0.3) is 4.98 Å². The van der Waals surface area contributed by atoms with Gasteiger partial charge in [0.15, 0.2) is 10.8 Å². The highest BCUT2D eigenvalue weighted by Crippen LogP contribution is 2.32. The van der Waals surface area contributed by atoms with Gasteiger partial charge in [-0.3, -0.25) is 4.72 Å². The van der Waals surface area contributed by atoms with Gasteiger partial charge in [-0.05, 0) is 12.1 Å². The fraction of sp³-hybridized carbons (Fsp3) is 0.167. The van der Waals surface area contributed by atoms with Crippen LogP contribution in [0, 0.1) is 5.39 Å². The van der Waals surface area contributed by atoms with E-state index in [1.165, 1.54) is 38.5 Å². The van der Waals surface area contributed by atoms with E-state index in [0.29, 0.717) is 0 Å². The number of nitrogens with zero attached hydrogens (tertiary/aromatic N) is 4. The molecule has 0 fully saturated rings. The van der Waals surface area contributed by atoms with E-state index in [2.05, 4.69) is 19.7 Å². The number of hydrogen-bond acceptors (Lipinski definition) is 7. The molecular formula is C12H12N5O4S+. The summed E-state index contributed by atoms with van der Waals surface area (Å²) in [5.74, 6) is 0.116. The van der Waals surface area contributed by atoms with Gasteiger partial charge in [-0.1, -0.05) is 0 Å². The van der Waals surface area contributed by atoms with Crippen LogP contribution in [0.2, 0.25) is 0 Å². The monoisotopic (exact) mass is 322 g/mol. The van der Waals surface area contributed by atoms with Crippen molar-refractivity contribution in [3.05, 3.63) is 35.6 Å². The molecule has 22 heavy (non-hydrogen) atoms. The van der Waals surface area contributed by atoms with Crippen LogP contribution in [0.1, 0.15) is 0 Å². The molecule has 9 nitrogen and oxygen atoms in total. The van der Waals surface area contributed by atoms with Crippen molar-refractivity contribution in [2.75, 3.05) is 18.9 Å². The number of ether oxygens (including phenoxy) is 2. The number of anilines is 1. The summed E-state index contributed by atoms with van der Waals surface area (Å²) in [6, 6.07) is 5.29. The van der Waals surface area contributed by atoms with Crippen LogP contribution in [0.5, 0.6) is 11.6 Å². The lowest BCUT2D eigenvalue weighted by Gasteiger charge is -2.12. The van der Waals surface area contributed by atoms with Crippen molar-refractivity contribution >= 4 is 21.5 Å². The molecule has 10 heteroatoms. The number of hydrogen-bond donors (Lipinski definition) is 1. The lowest BCUT2D eigenvalue weighted by molar-refractivity contribution is 0.342. The second-order valence-corrected chi connectivity index (χ2v) is 5.65. The van der Waals surface area contributed by atoms with Crippen LogP contribution < -0.4 is 14.2 Å². The molecule has 1 heterocycles. The molecule has 0 spiro atoms. The number of aromatic nitrogens is 2. The molecule has 0 aliphatic carbocycles. The predicted molar refractivity (Wildman–Crippen MR) is 77.1 cm³/mol.